The van der Waals surface area contributed by atoms with Crippen molar-refractivity contribution in [2.24, 2.45) is 5.73 Å². The molecule has 0 spiro atoms. The molecular weight excluding hydrogens is 307 g/mol. The van der Waals surface area contributed by atoms with Crippen molar-refractivity contribution in [3.8, 4) is 0 Å². The number of nitrogens with two attached hydrogens (primary N) is 1. The van der Waals surface area contributed by atoms with Crippen LogP contribution in [0.3, 0.4) is 0 Å². The van der Waals surface area contributed by atoms with E-state index in [2.05, 4.69) is 14.7 Å². The zero-order chi connectivity index (χ0) is 16.9. The SMILES string of the molecule is NCC1c2cc(F)ccc2CN1CCCN1CCN(CCO)CC1. The fourth-order valence-corrected chi connectivity index (χ4v) is 3.93. The summed E-state index contributed by atoms with van der Waals surface area (Å²) < 4.78 is 13.5. The van der Waals surface area contributed by atoms with Crippen molar-refractivity contribution >= 4 is 0 Å². The minimum Gasteiger partial charge on any atom is -0.395 e. The number of nitrogens with zero attached hydrogens (tertiary/aromatic N) is 3. The van der Waals surface area contributed by atoms with Crippen LogP contribution in [-0.4, -0.2) is 78.8 Å². The van der Waals surface area contributed by atoms with Gasteiger partial charge in [0.15, 0.2) is 0 Å². The van der Waals surface area contributed by atoms with Crippen LogP contribution >= 0.6 is 0 Å². The molecule has 0 aliphatic carbocycles. The van der Waals surface area contributed by atoms with Crippen LogP contribution in [0.25, 0.3) is 0 Å². The van der Waals surface area contributed by atoms with Crippen LogP contribution < -0.4 is 5.73 Å². The van der Waals surface area contributed by atoms with E-state index in [1.165, 1.54) is 5.56 Å². The van der Waals surface area contributed by atoms with E-state index in [1.807, 2.05) is 6.07 Å². The standard InChI is InChI=1S/C18H29FN4O/c19-16-3-2-15-14-23(18(13-20)17(15)12-16)5-1-4-21-6-8-22(9-7-21)10-11-24/h2-3,12,18,24H,1,4-11,13-14,20H2. The maximum Gasteiger partial charge on any atom is 0.123 e. The van der Waals surface area contributed by atoms with Crippen molar-refractivity contribution in [1.29, 1.82) is 0 Å². The molecule has 1 aromatic carbocycles. The van der Waals surface area contributed by atoms with Gasteiger partial charge in [-0.3, -0.25) is 9.80 Å². The Morgan fingerprint density at radius 2 is 1.79 bits per heavy atom. The van der Waals surface area contributed by atoms with Crippen LogP contribution in [0.4, 0.5) is 4.39 Å². The van der Waals surface area contributed by atoms with Gasteiger partial charge in [-0.25, -0.2) is 4.39 Å². The molecule has 0 bridgehead atoms. The largest absolute Gasteiger partial charge is 0.395 e. The van der Waals surface area contributed by atoms with Crippen LogP contribution in [0.1, 0.15) is 23.6 Å². The van der Waals surface area contributed by atoms with Crippen LogP contribution in [0.5, 0.6) is 0 Å². The summed E-state index contributed by atoms with van der Waals surface area (Å²) in [7, 11) is 0. The molecule has 1 unspecified atom stereocenters. The quantitative estimate of drug-likeness (QED) is 0.765. The highest BCUT2D eigenvalue weighted by molar-refractivity contribution is 5.34. The molecular formula is C18H29FN4O. The first-order chi connectivity index (χ1) is 11.7. The van der Waals surface area contributed by atoms with E-state index in [4.69, 9.17) is 10.8 Å². The maximum absolute atomic E-state index is 13.5. The highest BCUT2D eigenvalue weighted by atomic mass is 19.1. The van der Waals surface area contributed by atoms with Gasteiger partial charge in [-0.1, -0.05) is 6.07 Å². The fourth-order valence-electron chi connectivity index (χ4n) is 3.93. The molecule has 24 heavy (non-hydrogen) atoms. The van der Waals surface area contributed by atoms with Gasteiger partial charge in [0, 0.05) is 58.4 Å². The molecule has 1 atom stereocenters. The van der Waals surface area contributed by atoms with Crippen molar-refractivity contribution in [1.82, 2.24) is 14.7 Å². The first-order valence-corrected chi connectivity index (χ1v) is 8.99. The molecule has 1 saturated heterocycles. The topological polar surface area (TPSA) is 56.0 Å². The number of hydrogen-bond donors (Lipinski definition) is 2. The van der Waals surface area contributed by atoms with Crippen LogP contribution in [0.2, 0.25) is 0 Å². The van der Waals surface area contributed by atoms with Crippen molar-refractivity contribution in [3.05, 3.63) is 35.1 Å². The van der Waals surface area contributed by atoms with Gasteiger partial charge in [0.1, 0.15) is 5.82 Å². The average molecular weight is 336 g/mol. The number of piperazine rings is 1. The van der Waals surface area contributed by atoms with Crippen molar-refractivity contribution in [2.45, 2.75) is 19.0 Å². The van der Waals surface area contributed by atoms with Gasteiger partial charge in [0.2, 0.25) is 0 Å². The van der Waals surface area contributed by atoms with Crippen molar-refractivity contribution in [3.63, 3.8) is 0 Å². The Kier molecular flexibility index (Phi) is 6.19. The van der Waals surface area contributed by atoms with E-state index in [0.29, 0.717) is 6.54 Å². The minimum atomic E-state index is -0.171. The molecule has 3 N–H and O–H groups in total. The molecule has 0 aromatic heterocycles. The number of benzene rings is 1. The molecule has 1 fully saturated rings. The van der Waals surface area contributed by atoms with Gasteiger partial charge >= 0.3 is 0 Å². The lowest BCUT2D eigenvalue weighted by atomic mass is 10.0. The first-order valence-electron chi connectivity index (χ1n) is 8.99. The summed E-state index contributed by atoms with van der Waals surface area (Å²) in [6.45, 7) is 8.77. The molecule has 3 rings (SSSR count). The predicted octanol–water partition coefficient (Wildman–Crippen LogP) is 0.641. The number of fused-ring (bicyclic) bond motifs is 1. The van der Waals surface area contributed by atoms with Crippen LogP contribution in [-0.2, 0) is 6.54 Å². The van der Waals surface area contributed by atoms with Gasteiger partial charge in [0.05, 0.1) is 6.61 Å². The van der Waals surface area contributed by atoms with Gasteiger partial charge in [0.25, 0.3) is 0 Å². The van der Waals surface area contributed by atoms with E-state index in [1.54, 1.807) is 12.1 Å². The smallest absolute Gasteiger partial charge is 0.123 e. The Hall–Kier alpha value is -1.05. The molecule has 2 heterocycles. The van der Waals surface area contributed by atoms with E-state index in [9.17, 15) is 4.39 Å². The zero-order valence-corrected chi connectivity index (χ0v) is 14.3. The van der Waals surface area contributed by atoms with Gasteiger partial charge in [-0.2, -0.15) is 0 Å². The summed E-state index contributed by atoms with van der Waals surface area (Å²) in [5.74, 6) is -0.171. The third-order valence-corrected chi connectivity index (χ3v) is 5.31. The molecule has 0 saturated carbocycles. The zero-order valence-electron chi connectivity index (χ0n) is 14.3. The summed E-state index contributed by atoms with van der Waals surface area (Å²) in [4.78, 5) is 7.19. The van der Waals surface area contributed by atoms with E-state index in [0.717, 1.165) is 64.3 Å². The Bertz CT molecular complexity index is 534. The molecule has 1 aromatic rings. The summed E-state index contributed by atoms with van der Waals surface area (Å²) in [6, 6.07) is 5.24. The van der Waals surface area contributed by atoms with Gasteiger partial charge in [-0.05, 0) is 36.2 Å². The molecule has 6 heteroatoms. The molecule has 2 aliphatic rings. The molecule has 0 amide bonds. The lowest BCUT2D eigenvalue weighted by molar-refractivity contribution is 0.107. The van der Waals surface area contributed by atoms with E-state index < -0.39 is 0 Å². The number of hydrogen-bond acceptors (Lipinski definition) is 5. The second-order valence-corrected chi connectivity index (χ2v) is 6.83. The summed E-state index contributed by atoms with van der Waals surface area (Å²) >= 11 is 0. The molecule has 2 aliphatic heterocycles. The Labute approximate surface area is 143 Å². The Balaban J connectivity index is 1.44. The van der Waals surface area contributed by atoms with E-state index in [-0.39, 0.29) is 18.5 Å². The average Bonchev–Trinajstić information content (AvgIpc) is 2.93. The third kappa shape index (κ3) is 4.13. The van der Waals surface area contributed by atoms with Crippen LogP contribution in [0.15, 0.2) is 18.2 Å². The van der Waals surface area contributed by atoms with E-state index >= 15 is 0 Å². The fraction of sp³-hybridized carbons (Fsp3) is 0.667. The first kappa shape index (κ1) is 17.8. The van der Waals surface area contributed by atoms with Crippen LogP contribution in [0, 0.1) is 5.82 Å². The van der Waals surface area contributed by atoms with Gasteiger partial charge in [-0.15, -0.1) is 0 Å². The summed E-state index contributed by atoms with van der Waals surface area (Å²) in [5.41, 5.74) is 8.22. The lowest BCUT2D eigenvalue weighted by Gasteiger charge is -2.34. The Morgan fingerprint density at radius 3 is 2.46 bits per heavy atom. The second-order valence-electron chi connectivity index (χ2n) is 6.83. The second kappa shape index (κ2) is 8.36. The number of halogens is 1. The summed E-state index contributed by atoms with van der Waals surface area (Å²) in [6.07, 6.45) is 1.10. The maximum atomic E-state index is 13.5. The predicted molar refractivity (Wildman–Crippen MR) is 93.2 cm³/mol. The highest BCUT2D eigenvalue weighted by Gasteiger charge is 2.29. The molecule has 0 radical (unpaired) electrons. The summed E-state index contributed by atoms with van der Waals surface area (Å²) in [5, 5.41) is 8.99. The van der Waals surface area contributed by atoms with Crippen molar-refractivity contribution < 1.29 is 9.50 Å². The van der Waals surface area contributed by atoms with Gasteiger partial charge < -0.3 is 15.7 Å². The Morgan fingerprint density at radius 1 is 1.08 bits per heavy atom. The molecule has 5 nitrogen and oxygen atoms in total. The number of β-amino-alcohol motifs (C(OH)–C–C–N with tert-alkyl or cyclic N) is 1. The minimum absolute atomic E-state index is 0.150. The molecule has 134 valence electrons. The number of aliphatic hydroxyl groups is 1. The third-order valence-electron chi connectivity index (χ3n) is 5.31. The monoisotopic (exact) mass is 336 g/mol. The number of rotatable bonds is 7. The lowest BCUT2D eigenvalue weighted by Crippen LogP contribution is -2.47. The normalized spacial score (nSPS) is 22.9. The number of aliphatic hydroxyl groups excluding tert-OH is 1. The highest BCUT2D eigenvalue weighted by Crippen LogP contribution is 2.33. The van der Waals surface area contributed by atoms with Crippen molar-refractivity contribution in [2.75, 3.05) is 59.0 Å².